The van der Waals surface area contributed by atoms with E-state index in [1.165, 1.54) is 38.9 Å². The molecule has 0 heterocycles. The number of nitrogens with zero attached hydrogens (tertiary/aromatic N) is 1. The molecule has 0 aliphatic carbocycles. The molecule has 0 atom stereocenters. The molecule has 0 spiro atoms. The second-order valence-corrected chi connectivity index (χ2v) is 6.55. The summed E-state index contributed by atoms with van der Waals surface area (Å²) in [7, 11) is 1.00. The molecule has 1 N–H and O–H groups in total. The molecule has 0 saturated heterocycles. The molecular formula is C26H41NO. The lowest BCUT2D eigenvalue weighted by molar-refractivity contribution is 0.399. The number of aliphatic hydroxyl groups excluding tert-OH is 1. The Balaban J connectivity index is 0.00000171. The number of benzene rings is 2. The molecule has 0 aliphatic rings. The first-order chi connectivity index (χ1) is 13.6. The maximum atomic E-state index is 7.00. The molecule has 0 amide bonds. The molecule has 2 rings (SSSR count). The third kappa shape index (κ3) is 6.60. The van der Waals surface area contributed by atoms with Crippen molar-refractivity contribution in [2.75, 3.05) is 7.11 Å². The van der Waals surface area contributed by atoms with Crippen molar-refractivity contribution in [1.29, 1.82) is 0 Å². The van der Waals surface area contributed by atoms with Crippen LogP contribution in [0.4, 0.5) is 5.69 Å². The van der Waals surface area contributed by atoms with Gasteiger partial charge in [0.05, 0.1) is 5.69 Å². The fraction of sp³-hybridized carbons (Fsp3) is 0.500. The first-order valence-electron chi connectivity index (χ1n) is 10.7. The fourth-order valence-electron chi connectivity index (χ4n) is 3.66. The predicted molar refractivity (Wildman–Crippen MR) is 127 cm³/mol. The van der Waals surface area contributed by atoms with E-state index in [9.17, 15) is 0 Å². The summed E-state index contributed by atoms with van der Waals surface area (Å²) in [6.07, 6.45) is 5.21. The van der Waals surface area contributed by atoms with Gasteiger partial charge in [0.1, 0.15) is 0 Å². The normalized spacial score (nSPS) is 9.75. The number of aryl methyl sites for hydroxylation is 4. The Morgan fingerprint density at radius 3 is 1.32 bits per heavy atom. The van der Waals surface area contributed by atoms with Gasteiger partial charge in [-0.3, -0.25) is 4.99 Å². The predicted octanol–water partition coefficient (Wildman–Crippen LogP) is 6.80. The Labute approximate surface area is 173 Å². The van der Waals surface area contributed by atoms with Crippen molar-refractivity contribution in [1.82, 2.24) is 0 Å². The number of hydrogen-bond donors (Lipinski definition) is 1. The van der Waals surface area contributed by atoms with Gasteiger partial charge in [-0.05, 0) is 84.7 Å². The van der Waals surface area contributed by atoms with Gasteiger partial charge in [0, 0.05) is 7.11 Å². The average Bonchev–Trinajstić information content (AvgIpc) is 2.76. The SMILES string of the molecule is C=Nc1c(CC)cc(Cc2cc(CC)c(C)c(CC)c2)cc1CC.CC.CO. The first kappa shape index (κ1) is 26.1. The number of aliphatic hydroxyl groups is 1. The largest absolute Gasteiger partial charge is 0.400 e. The van der Waals surface area contributed by atoms with Crippen LogP contribution < -0.4 is 0 Å². The van der Waals surface area contributed by atoms with Crippen molar-refractivity contribution >= 4 is 12.4 Å². The molecule has 28 heavy (non-hydrogen) atoms. The molecule has 2 nitrogen and oxygen atoms in total. The van der Waals surface area contributed by atoms with Crippen LogP contribution in [-0.4, -0.2) is 18.9 Å². The van der Waals surface area contributed by atoms with Gasteiger partial charge < -0.3 is 5.11 Å². The summed E-state index contributed by atoms with van der Waals surface area (Å²) >= 11 is 0. The quantitative estimate of drug-likeness (QED) is 0.524. The summed E-state index contributed by atoms with van der Waals surface area (Å²) in [5.74, 6) is 0. The second-order valence-electron chi connectivity index (χ2n) is 6.55. The van der Waals surface area contributed by atoms with Crippen LogP contribution in [0, 0.1) is 6.92 Å². The van der Waals surface area contributed by atoms with Crippen LogP contribution in [0.25, 0.3) is 0 Å². The monoisotopic (exact) mass is 383 g/mol. The zero-order valence-corrected chi connectivity index (χ0v) is 19.4. The number of rotatable bonds is 7. The third-order valence-electron chi connectivity index (χ3n) is 5.10. The fourth-order valence-corrected chi connectivity index (χ4v) is 3.66. The molecular weight excluding hydrogens is 342 g/mol. The van der Waals surface area contributed by atoms with E-state index < -0.39 is 0 Å². The Morgan fingerprint density at radius 1 is 0.714 bits per heavy atom. The van der Waals surface area contributed by atoms with E-state index in [4.69, 9.17) is 5.11 Å². The molecule has 0 saturated carbocycles. The van der Waals surface area contributed by atoms with Crippen LogP contribution in [0.1, 0.15) is 80.5 Å². The minimum absolute atomic E-state index is 0.998. The van der Waals surface area contributed by atoms with Crippen molar-refractivity contribution in [3.63, 3.8) is 0 Å². The summed E-state index contributed by atoms with van der Waals surface area (Å²) in [6, 6.07) is 9.43. The van der Waals surface area contributed by atoms with Gasteiger partial charge in [-0.15, -0.1) is 0 Å². The molecule has 0 bridgehead atoms. The summed E-state index contributed by atoms with van der Waals surface area (Å²) in [4.78, 5) is 4.28. The second kappa shape index (κ2) is 14.1. The average molecular weight is 384 g/mol. The lowest BCUT2D eigenvalue weighted by Gasteiger charge is -2.15. The molecule has 2 heteroatoms. The molecule has 0 aliphatic heterocycles. The van der Waals surface area contributed by atoms with Gasteiger partial charge >= 0.3 is 0 Å². The van der Waals surface area contributed by atoms with E-state index in [1.54, 1.807) is 0 Å². The van der Waals surface area contributed by atoms with Gasteiger partial charge in [0.2, 0.25) is 0 Å². The minimum atomic E-state index is 0.998. The number of aliphatic imine (C=N–C) groups is 1. The maximum Gasteiger partial charge on any atom is 0.0686 e. The highest BCUT2D eigenvalue weighted by molar-refractivity contribution is 5.59. The van der Waals surface area contributed by atoms with Crippen LogP contribution in [0.3, 0.4) is 0 Å². The zero-order valence-electron chi connectivity index (χ0n) is 19.4. The van der Waals surface area contributed by atoms with Gasteiger partial charge in [-0.25, -0.2) is 0 Å². The Hall–Kier alpha value is -1.93. The highest BCUT2D eigenvalue weighted by atomic mass is 16.2. The van der Waals surface area contributed by atoms with Crippen molar-refractivity contribution in [2.45, 2.75) is 80.6 Å². The molecule has 0 unspecified atom stereocenters. The lowest BCUT2D eigenvalue weighted by Crippen LogP contribution is -2.00. The van der Waals surface area contributed by atoms with E-state index >= 15 is 0 Å². The summed E-state index contributed by atoms with van der Waals surface area (Å²) in [5, 5.41) is 7.00. The van der Waals surface area contributed by atoms with Crippen LogP contribution in [-0.2, 0) is 32.1 Å². The topological polar surface area (TPSA) is 32.6 Å². The van der Waals surface area contributed by atoms with Crippen molar-refractivity contribution in [2.24, 2.45) is 4.99 Å². The van der Waals surface area contributed by atoms with Crippen LogP contribution in [0.2, 0.25) is 0 Å². The Kier molecular flexibility index (Phi) is 13.1. The smallest absolute Gasteiger partial charge is 0.0686 e. The van der Waals surface area contributed by atoms with E-state index in [-0.39, 0.29) is 0 Å². The third-order valence-corrected chi connectivity index (χ3v) is 5.10. The van der Waals surface area contributed by atoms with Gasteiger partial charge in [-0.1, -0.05) is 65.8 Å². The summed E-state index contributed by atoms with van der Waals surface area (Å²) in [6.45, 7) is 18.9. The van der Waals surface area contributed by atoms with Crippen LogP contribution >= 0.6 is 0 Å². The summed E-state index contributed by atoms with van der Waals surface area (Å²) < 4.78 is 0. The van der Waals surface area contributed by atoms with Gasteiger partial charge in [0.15, 0.2) is 0 Å². The van der Waals surface area contributed by atoms with E-state index in [1.807, 2.05) is 13.8 Å². The van der Waals surface area contributed by atoms with Crippen LogP contribution in [0.15, 0.2) is 29.3 Å². The highest BCUT2D eigenvalue weighted by Gasteiger charge is 2.10. The maximum absolute atomic E-state index is 7.00. The molecule has 0 aromatic heterocycles. The lowest BCUT2D eigenvalue weighted by atomic mass is 9.91. The van der Waals surface area contributed by atoms with E-state index in [0.29, 0.717) is 0 Å². The number of hydrogen-bond acceptors (Lipinski definition) is 2. The van der Waals surface area contributed by atoms with Gasteiger partial charge in [0.25, 0.3) is 0 Å². The Morgan fingerprint density at radius 2 is 1.04 bits per heavy atom. The summed E-state index contributed by atoms with van der Waals surface area (Å²) in [5.41, 5.74) is 11.0. The van der Waals surface area contributed by atoms with E-state index in [2.05, 4.69) is 70.6 Å². The minimum Gasteiger partial charge on any atom is -0.400 e. The molecule has 2 aromatic carbocycles. The molecule has 0 radical (unpaired) electrons. The zero-order chi connectivity index (χ0) is 21.7. The van der Waals surface area contributed by atoms with E-state index in [0.717, 1.165) is 44.9 Å². The van der Waals surface area contributed by atoms with Crippen molar-refractivity contribution in [3.8, 4) is 0 Å². The highest BCUT2D eigenvalue weighted by Crippen LogP contribution is 2.29. The Bertz CT molecular complexity index is 681. The van der Waals surface area contributed by atoms with Crippen molar-refractivity contribution < 1.29 is 5.11 Å². The first-order valence-corrected chi connectivity index (χ1v) is 10.7. The molecule has 156 valence electrons. The molecule has 2 aromatic rings. The van der Waals surface area contributed by atoms with Crippen LogP contribution in [0.5, 0.6) is 0 Å². The molecule has 0 fully saturated rings. The van der Waals surface area contributed by atoms with Gasteiger partial charge in [-0.2, -0.15) is 0 Å². The van der Waals surface area contributed by atoms with Crippen molar-refractivity contribution in [3.05, 3.63) is 63.2 Å². The standard InChI is InChI=1S/C23H31N.C2H6.CH4O/c1-7-19-12-17(13-20(8-2)16(19)5)11-18-14-21(9-3)23(24-6)22(10-4)15-18;2*1-2/h12-15H,6-11H2,1-5H3;1-2H3;2H,1H3.